The maximum Gasteiger partial charge on any atom is 0.327 e. The third-order valence-corrected chi connectivity index (χ3v) is 2.09. The Hall–Kier alpha value is -1.16. The number of halogens is 1. The number of aliphatic imine (C=N–C) groups is 1. The SMILES string of the molecule is COC(=O)CN=Cc1ccc(Br)cc1. The average molecular weight is 256 g/mol. The Balaban J connectivity index is 2.52. The van der Waals surface area contributed by atoms with Crippen LogP contribution in [0.5, 0.6) is 0 Å². The molecule has 1 aromatic carbocycles. The number of benzene rings is 1. The predicted octanol–water partition coefficient (Wildman–Crippen LogP) is 2.04. The normalized spacial score (nSPS) is 10.4. The van der Waals surface area contributed by atoms with Gasteiger partial charge in [-0.25, -0.2) is 0 Å². The molecular weight excluding hydrogens is 246 g/mol. The first-order valence-electron chi connectivity index (χ1n) is 4.04. The molecule has 0 radical (unpaired) electrons. The summed E-state index contributed by atoms with van der Waals surface area (Å²) in [5, 5.41) is 0. The van der Waals surface area contributed by atoms with E-state index in [0.29, 0.717) is 0 Å². The quantitative estimate of drug-likeness (QED) is 0.613. The van der Waals surface area contributed by atoms with Crippen LogP contribution in [0.3, 0.4) is 0 Å². The van der Waals surface area contributed by atoms with Crippen molar-refractivity contribution in [3.63, 3.8) is 0 Å². The van der Waals surface area contributed by atoms with Crippen molar-refractivity contribution in [3.05, 3.63) is 34.3 Å². The van der Waals surface area contributed by atoms with Crippen LogP contribution in [0.4, 0.5) is 0 Å². The van der Waals surface area contributed by atoms with Gasteiger partial charge in [-0.15, -0.1) is 0 Å². The first kappa shape index (κ1) is 10.9. The highest BCUT2D eigenvalue weighted by molar-refractivity contribution is 9.10. The zero-order chi connectivity index (χ0) is 10.4. The number of carbonyl (C=O) groups excluding carboxylic acids is 1. The Morgan fingerprint density at radius 2 is 2.14 bits per heavy atom. The van der Waals surface area contributed by atoms with E-state index >= 15 is 0 Å². The Morgan fingerprint density at radius 1 is 1.50 bits per heavy atom. The van der Waals surface area contributed by atoms with Crippen molar-refractivity contribution >= 4 is 28.1 Å². The van der Waals surface area contributed by atoms with E-state index in [9.17, 15) is 4.79 Å². The van der Waals surface area contributed by atoms with Gasteiger partial charge in [-0.2, -0.15) is 0 Å². The third-order valence-electron chi connectivity index (χ3n) is 1.56. The average Bonchev–Trinajstić information content (AvgIpc) is 2.21. The molecule has 0 atom stereocenters. The summed E-state index contributed by atoms with van der Waals surface area (Å²) in [6.07, 6.45) is 1.64. The summed E-state index contributed by atoms with van der Waals surface area (Å²) in [5.41, 5.74) is 0.956. The first-order valence-corrected chi connectivity index (χ1v) is 4.84. The maximum absolute atomic E-state index is 10.7. The molecule has 0 fully saturated rings. The summed E-state index contributed by atoms with van der Waals surface area (Å²) in [6, 6.07) is 7.65. The summed E-state index contributed by atoms with van der Waals surface area (Å²) < 4.78 is 5.46. The van der Waals surface area contributed by atoms with Crippen LogP contribution in [0, 0.1) is 0 Å². The van der Waals surface area contributed by atoms with Crippen LogP contribution in [0.1, 0.15) is 5.56 Å². The molecule has 0 heterocycles. The smallest absolute Gasteiger partial charge is 0.327 e. The van der Waals surface area contributed by atoms with Gasteiger partial charge in [0.05, 0.1) is 7.11 Å². The molecule has 74 valence electrons. The summed E-state index contributed by atoms with van der Waals surface area (Å²) in [5.74, 6) is -0.335. The molecule has 0 saturated carbocycles. The van der Waals surface area contributed by atoms with Crippen LogP contribution in [-0.4, -0.2) is 25.8 Å². The molecule has 0 N–H and O–H groups in total. The highest BCUT2D eigenvalue weighted by atomic mass is 79.9. The second-order valence-corrected chi connectivity index (χ2v) is 3.51. The molecule has 1 rings (SSSR count). The van der Waals surface area contributed by atoms with Crippen molar-refractivity contribution in [2.75, 3.05) is 13.7 Å². The van der Waals surface area contributed by atoms with Crippen LogP contribution in [0.15, 0.2) is 33.7 Å². The van der Waals surface area contributed by atoms with Crippen LogP contribution < -0.4 is 0 Å². The third kappa shape index (κ3) is 3.70. The molecule has 0 amide bonds. The van der Waals surface area contributed by atoms with Crippen molar-refractivity contribution in [2.24, 2.45) is 4.99 Å². The van der Waals surface area contributed by atoms with Gasteiger partial charge in [-0.1, -0.05) is 28.1 Å². The molecule has 14 heavy (non-hydrogen) atoms. The van der Waals surface area contributed by atoms with Crippen molar-refractivity contribution in [1.29, 1.82) is 0 Å². The highest BCUT2D eigenvalue weighted by Crippen LogP contribution is 2.08. The van der Waals surface area contributed by atoms with E-state index in [1.165, 1.54) is 7.11 Å². The molecule has 0 aliphatic rings. The summed E-state index contributed by atoms with van der Waals surface area (Å²) in [6.45, 7) is 0.0621. The number of hydrogen-bond acceptors (Lipinski definition) is 3. The van der Waals surface area contributed by atoms with Gasteiger partial charge in [0, 0.05) is 10.7 Å². The van der Waals surface area contributed by atoms with Gasteiger partial charge in [-0.05, 0) is 17.7 Å². The van der Waals surface area contributed by atoms with Gasteiger partial charge in [-0.3, -0.25) is 9.79 Å². The fourth-order valence-corrected chi connectivity index (χ4v) is 1.10. The largest absolute Gasteiger partial charge is 0.468 e. The van der Waals surface area contributed by atoms with Crippen LogP contribution in [0.25, 0.3) is 0 Å². The number of rotatable bonds is 3. The molecule has 0 saturated heterocycles. The van der Waals surface area contributed by atoms with Gasteiger partial charge in [0.1, 0.15) is 6.54 Å². The standard InChI is InChI=1S/C10H10BrNO2/c1-14-10(13)7-12-6-8-2-4-9(11)5-3-8/h2-6H,7H2,1H3. The Kier molecular flexibility index (Phi) is 4.32. The van der Waals surface area contributed by atoms with E-state index in [1.807, 2.05) is 24.3 Å². The van der Waals surface area contributed by atoms with E-state index in [1.54, 1.807) is 6.21 Å². The zero-order valence-corrected chi connectivity index (χ0v) is 9.32. The van der Waals surface area contributed by atoms with Gasteiger partial charge < -0.3 is 4.74 Å². The van der Waals surface area contributed by atoms with Gasteiger partial charge in [0.15, 0.2) is 0 Å². The molecule has 1 aromatic rings. The van der Waals surface area contributed by atoms with E-state index in [2.05, 4.69) is 25.7 Å². The Bertz CT molecular complexity index is 332. The molecule has 0 aliphatic heterocycles. The first-order chi connectivity index (χ1) is 6.72. The minimum Gasteiger partial charge on any atom is -0.468 e. The molecular formula is C10H10BrNO2. The number of methoxy groups -OCH3 is 1. The van der Waals surface area contributed by atoms with Crippen molar-refractivity contribution < 1.29 is 9.53 Å². The van der Waals surface area contributed by atoms with E-state index in [0.717, 1.165) is 10.0 Å². The predicted molar refractivity (Wildman–Crippen MR) is 58.6 cm³/mol. The maximum atomic E-state index is 10.7. The molecule has 0 bridgehead atoms. The van der Waals surface area contributed by atoms with E-state index < -0.39 is 0 Å². The van der Waals surface area contributed by atoms with Gasteiger partial charge >= 0.3 is 5.97 Å². The van der Waals surface area contributed by atoms with Crippen LogP contribution in [0.2, 0.25) is 0 Å². The molecule has 0 aromatic heterocycles. The van der Waals surface area contributed by atoms with Crippen LogP contribution in [-0.2, 0) is 9.53 Å². The monoisotopic (exact) mass is 255 g/mol. The molecule has 0 spiro atoms. The molecule has 3 nitrogen and oxygen atoms in total. The van der Waals surface area contributed by atoms with Crippen molar-refractivity contribution in [1.82, 2.24) is 0 Å². The zero-order valence-electron chi connectivity index (χ0n) is 7.74. The fourth-order valence-electron chi connectivity index (χ4n) is 0.839. The molecule has 4 heteroatoms. The number of esters is 1. The summed E-state index contributed by atoms with van der Waals surface area (Å²) in [4.78, 5) is 14.6. The Morgan fingerprint density at radius 3 is 2.71 bits per heavy atom. The second kappa shape index (κ2) is 5.54. The lowest BCUT2D eigenvalue weighted by Crippen LogP contribution is -2.04. The minimum absolute atomic E-state index is 0.0621. The lowest BCUT2D eigenvalue weighted by atomic mass is 10.2. The number of carbonyl (C=O) groups is 1. The molecule has 0 unspecified atom stereocenters. The van der Waals surface area contributed by atoms with Crippen molar-refractivity contribution in [2.45, 2.75) is 0 Å². The molecule has 0 aliphatic carbocycles. The highest BCUT2D eigenvalue weighted by Gasteiger charge is 1.94. The van der Waals surface area contributed by atoms with E-state index in [-0.39, 0.29) is 12.5 Å². The minimum atomic E-state index is -0.335. The lowest BCUT2D eigenvalue weighted by molar-refractivity contribution is -0.138. The van der Waals surface area contributed by atoms with E-state index in [4.69, 9.17) is 0 Å². The Labute approximate surface area is 90.9 Å². The topological polar surface area (TPSA) is 38.7 Å². The fraction of sp³-hybridized carbons (Fsp3) is 0.200. The number of nitrogens with zero attached hydrogens (tertiary/aromatic N) is 1. The summed E-state index contributed by atoms with van der Waals surface area (Å²) >= 11 is 3.33. The number of ether oxygens (including phenoxy) is 1. The van der Waals surface area contributed by atoms with Gasteiger partial charge in [0.2, 0.25) is 0 Å². The number of hydrogen-bond donors (Lipinski definition) is 0. The van der Waals surface area contributed by atoms with Crippen molar-refractivity contribution in [3.8, 4) is 0 Å². The van der Waals surface area contributed by atoms with Crippen LogP contribution >= 0.6 is 15.9 Å². The van der Waals surface area contributed by atoms with Gasteiger partial charge in [0.25, 0.3) is 0 Å². The second-order valence-electron chi connectivity index (χ2n) is 2.60. The summed E-state index contributed by atoms with van der Waals surface area (Å²) in [7, 11) is 1.34. The lowest BCUT2D eigenvalue weighted by Gasteiger charge is -1.94.